The Morgan fingerprint density at radius 3 is 2.14 bits per heavy atom. The van der Waals surface area contributed by atoms with Crippen molar-refractivity contribution in [2.24, 2.45) is 4.99 Å². The van der Waals surface area contributed by atoms with Crippen LogP contribution in [0.5, 0.6) is 11.5 Å². The van der Waals surface area contributed by atoms with Crippen molar-refractivity contribution in [3.63, 3.8) is 0 Å². The van der Waals surface area contributed by atoms with Crippen LogP contribution in [0.3, 0.4) is 0 Å². The summed E-state index contributed by atoms with van der Waals surface area (Å²) in [6.45, 7) is 0. The SMILES string of the molecule is COc1ccc(NC(=O)/C=C2/C=CC3C(=N2)N(c2ccc(OC)cc2)C(=O)N3c2ccc(Cl)cc2)cc1. The number of allylic oxidation sites excluding steroid dienone is 1. The molecular formula is C28H23ClN4O4. The van der Waals surface area contributed by atoms with Crippen LogP contribution in [0.25, 0.3) is 0 Å². The van der Waals surface area contributed by atoms with Gasteiger partial charge in [0, 0.05) is 22.5 Å². The molecule has 0 spiro atoms. The van der Waals surface area contributed by atoms with Gasteiger partial charge >= 0.3 is 6.03 Å². The van der Waals surface area contributed by atoms with E-state index in [2.05, 4.69) is 5.32 Å². The molecule has 1 atom stereocenters. The van der Waals surface area contributed by atoms with E-state index in [1.54, 1.807) is 98.0 Å². The Labute approximate surface area is 219 Å². The van der Waals surface area contributed by atoms with Crippen LogP contribution < -0.4 is 24.6 Å². The number of nitrogens with zero attached hydrogens (tertiary/aromatic N) is 3. The zero-order chi connectivity index (χ0) is 25.9. The molecule has 0 aromatic heterocycles. The first kappa shape index (κ1) is 24.1. The van der Waals surface area contributed by atoms with E-state index < -0.39 is 6.04 Å². The number of rotatable bonds is 6. The third-order valence-corrected chi connectivity index (χ3v) is 6.19. The van der Waals surface area contributed by atoms with E-state index in [-0.39, 0.29) is 11.9 Å². The van der Waals surface area contributed by atoms with Crippen molar-refractivity contribution >= 4 is 46.4 Å². The van der Waals surface area contributed by atoms with Crippen LogP contribution >= 0.6 is 11.6 Å². The molecule has 0 bridgehead atoms. The van der Waals surface area contributed by atoms with Crippen LogP contribution in [0.1, 0.15) is 0 Å². The lowest BCUT2D eigenvalue weighted by Gasteiger charge is -2.21. The number of amidine groups is 1. The minimum atomic E-state index is -0.461. The molecule has 1 unspecified atom stereocenters. The zero-order valence-corrected chi connectivity index (χ0v) is 20.8. The van der Waals surface area contributed by atoms with E-state index >= 15 is 0 Å². The summed E-state index contributed by atoms with van der Waals surface area (Å²) in [7, 11) is 3.16. The Bertz CT molecular complexity index is 1410. The van der Waals surface area contributed by atoms with Gasteiger partial charge in [-0.2, -0.15) is 0 Å². The molecule has 0 saturated carbocycles. The minimum Gasteiger partial charge on any atom is -0.497 e. The number of anilines is 3. The van der Waals surface area contributed by atoms with Crippen LogP contribution in [0, 0.1) is 0 Å². The maximum absolute atomic E-state index is 13.7. The minimum absolute atomic E-state index is 0.273. The fourth-order valence-corrected chi connectivity index (χ4v) is 4.26. The number of dihydropyridines is 1. The molecular weight excluding hydrogens is 492 g/mol. The number of urea groups is 1. The summed E-state index contributed by atoms with van der Waals surface area (Å²) >= 11 is 6.07. The molecule has 37 heavy (non-hydrogen) atoms. The topological polar surface area (TPSA) is 83.5 Å². The first-order valence-electron chi connectivity index (χ1n) is 11.4. The molecule has 3 aromatic rings. The lowest BCUT2D eigenvalue weighted by molar-refractivity contribution is -0.111. The number of benzene rings is 3. The molecule has 5 rings (SSSR count). The van der Waals surface area contributed by atoms with Crippen LogP contribution in [0.4, 0.5) is 21.9 Å². The first-order chi connectivity index (χ1) is 18.0. The van der Waals surface area contributed by atoms with Gasteiger partial charge in [-0.1, -0.05) is 17.7 Å². The van der Waals surface area contributed by atoms with Crippen molar-refractivity contribution in [1.82, 2.24) is 0 Å². The van der Waals surface area contributed by atoms with Crippen LogP contribution in [-0.2, 0) is 4.79 Å². The highest BCUT2D eigenvalue weighted by Crippen LogP contribution is 2.35. The van der Waals surface area contributed by atoms with Gasteiger partial charge in [0.05, 0.1) is 25.6 Å². The number of hydrogen-bond donors (Lipinski definition) is 1. The largest absolute Gasteiger partial charge is 0.497 e. The number of carbonyl (C=O) groups excluding carboxylic acids is 2. The van der Waals surface area contributed by atoms with Gasteiger partial charge in [0.15, 0.2) is 0 Å². The van der Waals surface area contributed by atoms with Crippen LogP contribution in [0.15, 0.2) is 102 Å². The third kappa shape index (κ3) is 4.92. The van der Waals surface area contributed by atoms with Crippen molar-refractivity contribution in [3.05, 3.63) is 102 Å². The molecule has 9 heteroatoms. The van der Waals surface area contributed by atoms with E-state index in [9.17, 15) is 9.59 Å². The number of nitrogens with one attached hydrogen (secondary N) is 1. The van der Waals surface area contributed by atoms with Gasteiger partial charge in [-0.05, 0) is 78.9 Å². The summed E-state index contributed by atoms with van der Waals surface area (Å²) in [4.78, 5) is 34.3. The summed E-state index contributed by atoms with van der Waals surface area (Å²) in [6.07, 6.45) is 4.98. The highest BCUT2D eigenvalue weighted by Gasteiger charge is 2.44. The van der Waals surface area contributed by atoms with Crippen molar-refractivity contribution in [1.29, 1.82) is 0 Å². The summed E-state index contributed by atoms with van der Waals surface area (Å²) in [6, 6.07) is 20.5. The fraction of sp³-hybridized carbons (Fsp3) is 0.107. The molecule has 8 nitrogen and oxygen atoms in total. The van der Waals surface area contributed by atoms with Gasteiger partial charge in [-0.25, -0.2) is 14.7 Å². The Morgan fingerprint density at radius 2 is 1.51 bits per heavy atom. The number of carbonyl (C=O) groups is 2. The maximum atomic E-state index is 13.7. The van der Waals surface area contributed by atoms with E-state index in [4.69, 9.17) is 26.1 Å². The molecule has 1 saturated heterocycles. The second-order valence-corrected chi connectivity index (χ2v) is 8.66. The highest BCUT2D eigenvalue weighted by atomic mass is 35.5. The smallest absolute Gasteiger partial charge is 0.335 e. The van der Waals surface area contributed by atoms with Crippen molar-refractivity contribution in [2.75, 3.05) is 29.3 Å². The molecule has 3 aromatic carbocycles. The van der Waals surface area contributed by atoms with Crippen molar-refractivity contribution in [2.45, 2.75) is 6.04 Å². The summed E-state index contributed by atoms with van der Waals surface area (Å²) in [5.74, 6) is 1.50. The second kappa shape index (κ2) is 10.2. The number of aliphatic imine (C=N–C) groups is 1. The number of methoxy groups -OCH3 is 2. The van der Waals surface area contributed by atoms with E-state index in [1.165, 1.54) is 11.0 Å². The van der Waals surface area contributed by atoms with Gasteiger partial charge in [-0.15, -0.1) is 0 Å². The second-order valence-electron chi connectivity index (χ2n) is 8.22. The van der Waals surface area contributed by atoms with Gasteiger partial charge in [0.2, 0.25) is 0 Å². The Hall–Kier alpha value is -4.56. The normalized spacial score (nSPS) is 17.5. The quantitative estimate of drug-likeness (QED) is 0.430. The Morgan fingerprint density at radius 1 is 0.919 bits per heavy atom. The monoisotopic (exact) mass is 514 g/mol. The third-order valence-electron chi connectivity index (χ3n) is 5.93. The average Bonchev–Trinajstić information content (AvgIpc) is 3.20. The van der Waals surface area contributed by atoms with Gasteiger partial charge in [0.25, 0.3) is 5.91 Å². The molecule has 0 radical (unpaired) electrons. The van der Waals surface area contributed by atoms with Gasteiger partial charge < -0.3 is 14.8 Å². The molecule has 3 amide bonds. The molecule has 2 aliphatic heterocycles. The lowest BCUT2D eigenvalue weighted by atomic mass is 10.1. The number of fused-ring (bicyclic) bond motifs is 1. The maximum Gasteiger partial charge on any atom is 0.335 e. The number of halogens is 1. The van der Waals surface area contributed by atoms with Gasteiger partial charge in [-0.3, -0.25) is 9.69 Å². The molecule has 1 N–H and O–H groups in total. The molecule has 0 aliphatic carbocycles. The lowest BCUT2D eigenvalue weighted by Crippen LogP contribution is -2.34. The van der Waals surface area contributed by atoms with Crippen molar-refractivity contribution in [3.8, 4) is 11.5 Å². The summed E-state index contributed by atoms with van der Waals surface area (Å²) in [5.41, 5.74) is 2.35. The van der Waals surface area contributed by atoms with E-state index in [0.29, 0.717) is 45.1 Å². The summed E-state index contributed by atoms with van der Waals surface area (Å²) in [5, 5.41) is 3.39. The average molecular weight is 515 g/mol. The van der Waals surface area contributed by atoms with Gasteiger partial charge in [0.1, 0.15) is 23.4 Å². The first-order valence-corrected chi connectivity index (χ1v) is 11.8. The molecule has 2 heterocycles. The molecule has 186 valence electrons. The molecule has 1 fully saturated rings. The summed E-state index contributed by atoms with van der Waals surface area (Å²) < 4.78 is 10.4. The number of amides is 3. The van der Waals surface area contributed by atoms with Crippen LogP contribution in [-0.4, -0.2) is 38.0 Å². The predicted molar refractivity (Wildman–Crippen MR) is 145 cm³/mol. The van der Waals surface area contributed by atoms with E-state index in [1.807, 2.05) is 6.08 Å². The zero-order valence-electron chi connectivity index (χ0n) is 20.1. The predicted octanol–water partition coefficient (Wildman–Crippen LogP) is 5.66. The number of hydrogen-bond acceptors (Lipinski definition) is 5. The standard InChI is InChI=1S/C28H23ClN4O4/c1-36-23-12-5-19(6-13-23)30-26(34)17-20-7-16-25-27(31-20)33(22-10-14-24(37-2)15-11-22)28(35)32(25)21-8-3-18(29)4-9-21/h3-17,25H,1-2H3,(H,30,34)/b20-17-. The molecule has 2 aliphatic rings. The Kier molecular flexibility index (Phi) is 6.66. The number of ether oxygens (including phenoxy) is 2. The highest BCUT2D eigenvalue weighted by molar-refractivity contribution is 6.32. The van der Waals surface area contributed by atoms with E-state index in [0.717, 1.165) is 0 Å². The fourth-order valence-electron chi connectivity index (χ4n) is 4.13. The van der Waals surface area contributed by atoms with Crippen molar-refractivity contribution < 1.29 is 19.1 Å². The Balaban J connectivity index is 1.48. The van der Waals surface area contributed by atoms with Crippen LogP contribution in [0.2, 0.25) is 5.02 Å².